The molecule has 0 bridgehead atoms. The van der Waals surface area contributed by atoms with Gasteiger partial charge in [0, 0.05) is 19.0 Å². The molecule has 2 aromatic carbocycles. The fraction of sp³-hybridized carbons (Fsp3) is 0.409. The van der Waals surface area contributed by atoms with E-state index in [1.165, 1.54) is 24.6 Å². The van der Waals surface area contributed by atoms with Crippen LogP contribution in [0.25, 0.3) is 11.1 Å². The minimum absolute atomic E-state index is 0.0103. The molecule has 134 valence electrons. The van der Waals surface area contributed by atoms with E-state index in [1.807, 2.05) is 17.0 Å². The minimum atomic E-state index is -0.562. The highest BCUT2D eigenvalue weighted by atomic mass is 19.1. The number of carbonyl (C=O) groups is 1. The summed E-state index contributed by atoms with van der Waals surface area (Å²) in [7, 11) is 0. The molecule has 2 saturated carbocycles. The first kappa shape index (κ1) is 16.0. The third-order valence-corrected chi connectivity index (χ3v) is 6.54. The van der Waals surface area contributed by atoms with Crippen molar-refractivity contribution in [3.8, 4) is 11.1 Å². The smallest absolute Gasteiger partial charge is 0.226 e. The van der Waals surface area contributed by atoms with E-state index >= 15 is 0 Å². The van der Waals surface area contributed by atoms with Gasteiger partial charge in [0.25, 0.3) is 0 Å². The number of fused-ring (bicyclic) bond motifs is 1. The van der Waals surface area contributed by atoms with Gasteiger partial charge in [0.1, 0.15) is 11.6 Å². The Morgan fingerprint density at radius 3 is 2.54 bits per heavy atom. The Labute approximate surface area is 151 Å². The molecule has 3 fully saturated rings. The van der Waals surface area contributed by atoms with Gasteiger partial charge in [-0.05, 0) is 53.4 Å². The Hall–Kier alpha value is -2.23. The van der Waals surface area contributed by atoms with Crippen LogP contribution in [-0.4, -0.2) is 23.9 Å². The molecule has 5 rings (SSSR count). The fourth-order valence-corrected chi connectivity index (χ4v) is 4.77. The fourth-order valence-electron chi connectivity index (χ4n) is 4.77. The minimum Gasteiger partial charge on any atom is -0.342 e. The number of nitrogens with zero attached hydrogens (tertiary/aromatic N) is 1. The lowest BCUT2D eigenvalue weighted by atomic mass is 9.95. The van der Waals surface area contributed by atoms with Crippen molar-refractivity contribution in [2.45, 2.75) is 25.7 Å². The summed E-state index contributed by atoms with van der Waals surface area (Å²) in [5, 5.41) is 0. The van der Waals surface area contributed by atoms with E-state index in [1.54, 1.807) is 12.1 Å². The van der Waals surface area contributed by atoms with Crippen molar-refractivity contribution in [1.29, 1.82) is 0 Å². The second-order valence-electron chi connectivity index (χ2n) is 8.41. The maximum absolute atomic E-state index is 14.3. The van der Waals surface area contributed by atoms with Crippen LogP contribution < -0.4 is 0 Å². The van der Waals surface area contributed by atoms with E-state index in [2.05, 4.69) is 6.92 Å². The lowest BCUT2D eigenvalue weighted by Crippen LogP contribution is -2.33. The second kappa shape index (κ2) is 5.38. The van der Waals surface area contributed by atoms with E-state index in [9.17, 15) is 13.6 Å². The van der Waals surface area contributed by atoms with E-state index in [0.29, 0.717) is 16.9 Å². The Bertz CT molecular complexity index is 891. The molecule has 2 nitrogen and oxygen atoms in total. The highest BCUT2D eigenvalue weighted by Crippen LogP contribution is 2.59. The third-order valence-electron chi connectivity index (χ3n) is 6.54. The zero-order valence-electron chi connectivity index (χ0n) is 14.7. The molecular weight excluding hydrogens is 332 g/mol. The predicted molar refractivity (Wildman–Crippen MR) is 95.4 cm³/mol. The van der Waals surface area contributed by atoms with Crippen molar-refractivity contribution in [2.24, 2.45) is 17.3 Å². The summed E-state index contributed by atoms with van der Waals surface area (Å²) >= 11 is 0. The molecule has 4 heteroatoms. The molecule has 0 aromatic heterocycles. The lowest BCUT2D eigenvalue weighted by molar-refractivity contribution is -0.132. The quantitative estimate of drug-likeness (QED) is 0.789. The van der Waals surface area contributed by atoms with E-state index in [-0.39, 0.29) is 23.3 Å². The Kier molecular flexibility index (Phi) is 3.31. The van der Waals surface area contributed by atoms with Crippen LogP contribution in [0.2, 0.25) is 0 Å². The number of piperidine rings is 1. The van der Waals surface area contributed by atoms with Gasteiger partial charge in [0.2, 0.25) is 5.91 Å². The molecule has 1 aliphatic heterocycles. The van der Waals surface area contributed by atoms with Gasteiger partial charge in [-0.15, -0.1) is 0 Å². The first-order valence-electron chi connectivity index (χ1n) is 9.30. The Morgan fingerprint density at radius 1 is 1.12 bits per heavy atom. The van der Waals surface area contributed by atoms with Crippen LogP contribution in [0.5, 0.6) is 0 Å². The summed E-state index contributed by atoms with van der Waals surface area (Å²) in [4.78, 5) is 14.9. The summed E-state index contributed by atoms with van der Waals surface area (Å²) in [6, 6.07) is 11.3. The van der Waals surface area contributed by atoms with Gasteiger partial charge < -0.3 is 4.90 Å². The first-order chi connectivity index (χ1) is 12.5. The van der Waals surface area contributed by atoms with Crippen LogP contribution in [-0.2, 0) is 4.79 Å². The van der Waals surface area contributed by atoms with E-state index in [4.69, 9.17) is 0 Å². The molecule has 0 spiro atoms. The summed E-state index contributed by atoms with van der Waals surface area (Å²) < 4.78 is 28.6. The number of likely N-dealkylation sites (tertiary alicyclic amines) is 1. The van der Waals surface area contributed by atoms with Crippen LogP contribution in [0, 0.1) is 28.9 Å². The second-order valence-corrected chi connectivity index (χ2v) is 8.41. The molecule has 1 amide bonds. The topological polar surface area (TPSA) is 20.3 Å². The molecular formula is C22H21F2NO. The van der Waals surface area contributed by atoms with Crippen LogP contribution >= 0.6 is 0 Å². The summed E-state index contributed by atoms with van der Waals surface area (Å²) in [5.41, 5.74) is 1.80. The van der Waals surface area contributed by atoms with Crippen molar-refractivity contribution < 1.29 is 13.6 Å². The molecule has 3 aliphatic rings. The average molecular weight is 353 g/mol. The largest absolute Gasteiger partial charge is 0.342 e. The van der Waals surface area contributed by atoms with Crippen molar-refractivity contribution >= 4 is 5.91 Å². The molecule has 26 heavy (non-hydrogen) atoms. The molecule has 2 aromatic rings. The van der Waals surface area contributed by atoms with Crippen LogP contribution in [0.3, 0.4) is 0 Å². The monoisotopic (exact) mass is 353 g/mol. The number of benzene rings is 2. The molecule has 4 atom stereocenters. The maximum atomic E-state index is 14.3. The van der Waals surface area contributed by atoms with Gasteiger partial charge in [0.05, 0.1) is 5.56 Å². The van der Waals surface area contributed by atoms with E-state index in [0.717, 1.165) is 25.1 Å². The number of carbonyl (C=O) groups excluding carboxylic acids is 1. The van der Waals surface area contributed by atoms with E-state index < -0.39 is 11.6 Å². The molecule has 0 radical (unpaired) electrons. The lowest BCUT2D eigenvalue weighted by Gasteiger charge is -2.20. The number of amides is 1. The van der Waals surface area contributed by atoms with Crippen molar-refractivity contribution in [3.63, 3.8) is 0 Å². The zero-order valence-corrected chi connectivity index (χ0v) is 14.7. The standard InChI is InChI=1S/C22H21F2NO/c1-22-10-13(22)11-25(12-22)21(26)17-9-16(17)14-5-2-3-6-15(14)20-18(23)7-4-8-19(20)24/h2-8,13,16-17H,9-12H2,1H3. The molecule has 1 saturated heterocycles. The molecule has 4 unspecified atom stereocenters. The summed E-state index contributed by atoms with van der Waals surface area (Å²) in [6.45, 7) is 4.00. The maximum Gasteiger partial charge on any atom is 0.226 e. The van der Waals surface area contributed by atoms with Crippen LogP contribution in [0.1, 0.15) is 31.2 Å². The average Bonchev–Trinajstić information content (AvgIpc) is 3.50. The van der Waals surface area contributed by atoms with Gasteiger partial charge in [0.15, 0.2) is 0 Å². The molecule has 2 aliphatic carbocycles. The SMILES string of the molecule is CC12CC1CN(C(=O)C1CC1c1ccccc1-c1c(F)cccc1F)C2. The van der Waals surface area contributed by atoms with Gasteiger partial charge in [-0.3, -0.25) is 4.79 Å². The normalized spacial score (nSPS) is 31.7. The number of rotatable bonds is 3. The Balaban J connectivity index is 1.42. The van der Waals surface area contributed by atoms with Crippen molar-refractivity contribution in [1.82, 2.24) is 4.90 Å². The highest BCUT2D eigenvalue weighted by Gasteiger charge is 2.59. The summed E-state index contributed by atoms with van der Waals surface area (Å²) in [5.74, 6) is -0.229. The van der Waals surface area contributed by atoms with Gasteiger partial charge in [-0.25, -0.2) is 8.78 Å². The predicted octanol–water partition coefficient (Wildman–Crippen LogP) is 4.60. The van der Waals surface area contributed by atoms with Gasteiger partial charge in [-0.2, -0.15) is 0 Å². The Morgan fingerprint density at radius 2 is 1.85 bits per heavy atom. The van der Waals surface area contributed by atoms with Gasteiger partial charge in [-0.1, -0.05) is 37.3 Å². The third kappa shape index (κ3) is 2.38. The summed E-state index contributed by atoms with van der Waals surface area (Å²) in [6.07, 6.45) is 2.00. The van der Waals surface area contributed by atoms with Crippen molar-refractivity contribution in [3.05, 3.63) is 59.7 Å². The van der Waals surface area contributed by atoms with Crippen LogP contribution in [0.15, 0.2) is 42.5 Å². The number of hydrogen-bond acceptors (Lipinski definition) is 1. The number of halogens is 2. The molecule has 1 heterocycles. The zero-order chi connectivity index (χ0) is 18.1. The van der Waals surface area contributed by atoms with Gasteiger partial charge >= 0.3 is 0 Å². The van der Waals surface area contributed by atoms with Crippen molar-refractivity contribution in [2.75, 3.05) is 13.1 Å². The highest BCUT2D eigenvalue weighted by molar-refractivity contribution is 5.85. The number of hydrogen-bond donors (Lipinski definition) is 0. The molecule has 0 N–H and O–H groups in total. The van der Waals surface area contributed by atoms with Crippen LogP contribution in [0.4, 0.5) is 8.78 Å². The first-order valence-corrected chi connectivity index (χ1v) is 9.30.